The summed E-state index contributed by atoms with van der Waals surface area (Å²) in [5.41, 5.74) is 0.322. The molecule has 0 heterocycles. The van der Waals surface area contributed by atoms with Gasteiger partial charge in [0.25, 0.3) is 0 Å². The van der Waals surface area contributed by atoms with Gasteiger partial charge in [-0.25, -0.2) is 4.39 Å². The number of halogens is 1. The number of nitrogens with one attached hydrogen (secondary N) is 1. The number of rotatable bonds is 5. The van der Waals surface area contributed by atoms with Crippen molar-refractivity contribution in [1.29, 1.82) is 0 Å². The predicted octanol–water partition coefficient (Wildman–Crippen LogP) is 2.90. The van der Waals surface area contributed by atoms with Gasteiger partial charge in [-0.2, -0.15) is 0 Å². The number of carboxylic acid groups (broad SMARTS) is 1. The maximum atomic E-state index is 14.0. The van der Waals surface area contributed by atoms with Gasteiger partial charge in [-0.15, -0.1) is 0 Å². The molecule has 0 aromatic heterocycles. The fourth-order valence-corrected chi connectivity index (χ4v) is 3.12. The molecule has 23 heavy (non-hydrogen) atoms. The van der Waals surface area contributed by atoms with Crippen LogP contribution in [-0.4, -0.2) is 24.1 Å². The van der Waals surface area contributed by atoms with Crippen LogP contribution in [0.25, 0.3) is 0 Å². The average molecular weight is 323 g/mol. The Kier molecular flexibility index (Phi) is 5.58. The SMILES string of the molecule is COc1cccc(F)c1[C@@H](C)NC(=O)C1CCC(C(=O)O)CC1. The van der Waals surface area contributed by atoms with Crippen LogP contribution < -0.4 is 10.1 Å². The lowest BCUT2D eigenvalue weighted by Gasteiger charge is -2.27. The second kappa shape index (κ2) is 7.44. The van der Waals surface area contributed by atoms with Gasteiger partial charge in [0, 0.05) is 5.92 Å². The van der Waals surface area contributed by atoms with Crippen LogP contribution in [0.4, 0.5) is 4.39 Å². The molecule has 1 fully saturated rings. The molecule has 0 unspecified atom stereocenters. The van der Waals surface area contributed by atoms with E-state index in [0.29, 0.717) is 37.0 Å². The Morgan fingerprint density at radius 3 is 2.43 bits per heavy atom. The van der Waals surface area contributed by atoms with Gasteiger partial charge in [-0.1, -0.05) is 6.07 Å². The molecule has 1 aliphatic carbocycles. The molecule has 0 bridgehead atoms. The Balaban J connectivity index is 2.00. The molecule has 2 N–H and O–H groups in total. The summed E-state index contributed by atoms with van der Waals surface area (Å²) in [5.74, 6) is -1.56. The first-order chi connectivity index (χ1) is 10.9. The van der Waals surface area contributed by atoms with E-state index in [4.69, 9.17) is 9.84 Å². The topological polar surface area (TPSA) is 75.6 Å². The van der Waals surface area contributed by atoms with Gasteiger partial charge < -0.3 is 15.2 Å². The zero-order valence-corrected chi connectivity index (χ0v) is 13.3. The van der Waals surface area contributed by atoms with Gasteiger partial charge in [-0.3, -0.25) is 9.59 Å². The Bertz CT molecular complexity index is 582. The molecular formula is C17H22FNO4. The van der Waals surface area contributed by atoms with Crippen LogP contribution in [0.2, 0.25) is 0 Å². The van der Waals surface area contributed by atoms with Crippen molar-refractivity contribution >= 4 is 11.9 Å². The summed E-state index contributed by atoms with van der Waals surface area (Å²) >= 11 is 0. The predicted molar refractivity (Wildman–Crippen MR) is 82.6 cm³/mol. The first-order valence-corrected chi connectivity index (χ1v) is 7.79. The lowest BCUT2D eigenvalue weighted by Crippen LogP contribution is -2.36. The minimum atomic E-state index is -0.798. The van der Waals surface area contributed by atoms with Gasteiger partial charge >= 0.3 is 5.97 Å². The Morgan fingerprint density at radius 2 is 1.87 bits per heavy atom. The average Bonchev–Trinajstić information content (AvgIpc) is 2.54. The zero-order valence-electron chi connectivity index (χ0n) is 13.3. The number of amides is 1. The molecule has 1 atom stereocenters. The molecule has 0 aliphatic heterocycles. The van der Waals surface area contributed by atoms with Crippen LogP contribution in [0.3, 0.4) is 0 Å². The number of benzene rings is 1. The van der Waals surface area contributed by atoms with Crippen LogP contribution in [0.15, 0.2) is 18.2 Å². The highest BCUT2D eigenvalue weighted by Gasteiger charge is 2.30. The molecular weight excluding hydrogens is 301 g/mol. The van der Waals surface area contributed by atoms with Crippen LogP contribution in [-0.2, 0) is 9.59 Å². The van der Waals surface area contributed by atoms with Gasteiger partial charge in [0.05, 0.1) is 24.6 Å². The van der Waals surface area contributed by atoms with Gasteiger partial charge in [0.15, 0.2) is 0 Å². The monoisotopic (exact) mass is 323 g/mol. The van der Waals surface area contributed by atoms with E-state index in [1.807, 2.05) is 0 Å². The van der Waals surface area contributed by atoms with E-state index in [2.05, 4.69) is 5.32 Å². The molecule has 2 rings (SSSR count). The number of carboxylic acids is 1. The third-order valence-electron chi connectivity index (χ3n) is 4.47. The largest absolute Gasteiger partial charge is 0.496 e. The highest BCUT2D eigenvalue weighted by atomic mass is 19.1. The quantitative estimate of drug-likeness (QED) is 0.873. The number of carbonyl (C=O) groups excluding carboxylic acids is 1. The summed E-state index contributed by atoms with van der Waals surface area (Å²) in [4.78, 5) is 23.3. The van der Waals surface area contributed by atoms with E-state index in [1.165, 1.54) is 13.2 Å². The highest BCUT2D eigenvalue weighted by molar-refractivity contribution is 5.79. The Labute approximate surface area is 134 Å². The van der Waals surface area contributed by atoms with Gasteiger partial charge in [0.1, 0.15) is 11.6 Å². The molecule has 0 spiro atoms. The van der Waals surface area contributed by atoms with Gasteiger partial charge in [-0.05, 0) is 44.7 Å². The maximum Gasteiger partial charge on any atom is 0.306 e. The summed E-state index contributed by atoms with van der Waals surface area (Å²) in [6.45, 7) is 1.71. The molecule has 0 saturated heterocycles. The molecule has 1 aliphatic rings. The lowest BCUT2D eigenvalue weighted by atomic mass is 9.81. The molecule has 5 nitrogen and oxygen atoms in total. The van der Waals surface area contributed by atoms with E-state index in [1.54, 1.807) is 19.1 Å². The Morgan fingerprint density at radius 1 is 1.26 bits per heavy atom. The van der Waals surface area contributed by atoms with Crippen molar-refractivity contribution in [3.05, 3.63) is 29.6 Å². The molecule has 6 heteroatoms. The smallest absolute Gasteiger partial charge is 0.306 e. The first-order valence-electron chi connectivity index (χ1n) is 7.79. The first kappa shape index (κ1) is 17.2. The zero-order chi connectivity index (χ0) is 17.0. The van der Waals surface area contributed by atoms with Crippen LogP contribution in [0.5, 0.6) is 5.75 Å². The number of hydrogen-bond donors (Lipinski definition) is 2. The fourth-order valence-electron chi connectivity index (χ4n) is 3.12. The van der Waals surface area contributed by atoms with Gasteiger partial charge in [0.2, 0.25) is 5.91 Å². The van der Waals surface area contributed by atoms with Crippen molar-refractivity contribution in [2.75, 3.05) is 7.11 Å². The third-order valence-corrected chi connectivity index (χ3v) is 4.47. The minimum absolute atomic E-state index is 0.161. The van der Waals surface area contributed by atoms with E-state index in [0.717, 1.165) is 0 Å². The van der Waals surface area contributed by atoms with Crippen LogP contribution in [0, 0.1) is 17.7 Å². The van der Waals surface area contributed by atoms with Crippen molar-refractivity contribution < 1.29 is 23.8 Å². The number of aliphatic carboxylic acids is 1. The lowest BCUT2D eigenvalue weighted by molar-refractivity contribution is -0.144. The molecule has 0 radical (unpaired) electrons. The van der Waals surface area contributed by atoms with E-state index in [9.17, 15) is 14.0 Å². The molecule has 1 amide bonds. The van der Waals surface area contributed by atoms with Crippen LogP contribution in [0.1, 0.15) is 44.2 Å². The number of hydrogen-bond acceptors (Lipinski definition) is 3. The third kappa shape index (κ3) is 4.00. The molecule has 126 valence electrons. The second-order valence-electron chi connectivity index (χ2n) is 5.97. The number of ether oxygens (including phenoxy) is 1. The summed E-state index contributed by atoms with van der Waals surface area (Å²) < 4.78 is 19.2. The fraction of sp³-hybridized carbons (Fsp3) is 0.529. The molecule has 1 aromatic carbocycles. The van der Waals surface area contributed by atoms with Crippen molar-refractivity contribution in [3.8, 4) is 5.75 Å². The Hall–Kier alpha value is -2.11. The minimum Gasteiger partial charge on any atom is -0.496 e. The molecule has 1 saturated carbocycles. The van der Waals surface area contributed by atoms with E-state index < -0.39 is 17.8 Å². The maximum absolute atomic E-state index is 14.0. The number of carbonyl (C=O) groups is 2. The van der Waals surface area contributed by atoms with Crippen molar-refractivity contribution in [3.63, 3.8) is 0 Å². The van der Waals surface area contributed by atoms with E-state index in [-0.39, 0.29) is 17.7 Å². The van der Waals surface area contributed by atoms with Crippen molar-refractivity contribution in [2.24, 2.45) is 11.8 Å². The van der Waals surface area contributed by atoms with Crippen LogP contribution >= 0.6 is 0 Å². The second-order valence-corrected chi connectivity index (χ2v) is 5.97. The summed E-state index contributed by atoms with van der Waals surface area (Å²) in [7, 11) is 1.46. The van der Waals surface area contributed by atoms with Crippen molar-refractivity contribution in [1.82, 2.24) is 5.32 Å². The standard InChI is InChI=1S/C17H22FNO4/c1-10(15-13(18)4-3-5-14(15)23-2)19-16(20)11-6-8-12(9-7-11)17(21)22/h3-5,10-12H,6-9H2,1-2H3,(H,19,20)(H,21,22)/t10-,11?,12?/m1/s1. The summed E-state index contributed by atoms with van der Waals surface area (Å²) in [6, 6.07) is 4.02. The summed E-state index contributed by atoms with van der Waals surface area (Å²) in [6.07, 6.45) is 2.10. The van der Waals surface area contributed by atoms with E-state index >= 15 is 0 Å². The highest BCUT2D eigenvalue weighted by Crippen LogP contribution is 2.31. The molecule has 1 aromatic rings. The van der Waals surface area contributed by atoms with Crippen molar-refractivity contribution in [2.45, 2.75) is 38.6 Å². The summed E-state index contributed by atoms with van der Waals surface area (Å²) in [5, 5.41) is 11.8. The number of methoxy groups -OCH3 is 1. The normalized spacial score (nSPS) is 22.2.